The molecule has 3 aliphatic heterocycles. The number of carbonyl (C=O) groups excluding carboxylic acids is 4. The Kier molecular flexibility index (Phi) is 22.8. The molecule has 15 nitrogen and oxygen atoms in total. The number of esters is 3. The number of nitrogens with zero attached hydrogens (tertiary/aromatic N) is 5. The summed E-state index contributed by atoms with van der Waals surface area (Å²) in [5.74, 6) is 3.86. The normalized spacial score (nSPS) is 16.0. The molecular formula is C67H85BrN6O9S. The molecule has 0 aliphatic carbocycles. The smallest absolute Gasteiger partial charge is 0.358 e. The second-order valence-electron chi connectivity index (χ2n) is 23.6. The van der Waals surface area contributed by atoms with E-state index in [1.54, 1.807) is 0 Å². The zero-order chi connectivity index (χ0) is 59.9. The summed E-state index contributed by atoms with van der Waals surface area (Å²) in [7, 11) is 0. The van der Waals surface area contributed by atoms with E-state index in [2.05, 4.69) is 73.8 Å². The number of ether oxygens (including phenoxy) is 5. The van der Waals surface area contributed by atoms with Gasteiger partial charge in [0, 0.05) is 28.7 Å². The van der Waals surface area contributed by atoms with Crippen LogP contribution in [0.2, 0.25) is 0 Å². The molecule has 84 heavy (non-hydrogen) atoms. The predicted molar refractivity (Wildman–Crippen MR) is 337 cm³/mol. The quantitative estimate of drug-likeness (QED) is 0.0535. The van der Waals surface area contributed by atoms with E-state index in [0.29, 0.717) is 91.7 Å². The molecule has 0 saturated carbocycles. The zero-order valence-corrected chi connectivity index (χ0v) is 53.0. The first-order valence-corrected chi connectivity index (χ1v) is 31.6. The Morgan fingerprint density at radius 1 is 0.702 bits per heavy atom. The van der Waals surface area contributed by atoms with Crippen molar-refractivity contribution in [2.45, 2.75) is 119 Å². The van der Waals surface area contributed by atoms with Crippen molar-refractivity contribution in [2.24, 2.45) is 23.7 Å². The van der Waals surface area contributed by atoms with Gasteiger partial charge in [0.1, 0.15) is 22.9 Å². The number of thiazole rings is 1. The number of halogens is 1. The van der Waals surface area contributed by atoms with Crippen LogP contribution >= 0.6 is 27.3 Å². The molecule has 4 aromatic carbocycles. The van der Waals surface area contributed by atoms with E-state index in [1.165, 1.54) is 16.9 Å². The molecule has 3 aliphatic rings. The molecule has 2 saturated heterocycles. The SMILES string of the molecule is CCOC(=O)CN1CCC([C@H](C)CCOc2ccc(-c3ccc(N4CCc5cccc(C(=O)Nc6nc7ccccc7s6)c5C4)nc3C(=O)OC(C)(C)C)c(C)c2)CC1.CCOC(=O)CN1CCC([C@H](C)CCOc2ccc(Br)c(C)c2)CC1. The predicted octanol–water partition coefficient (Wildman–Crippen LogP) is 13.6. The van der Waals surface area contributed by atoms with Crippen molar-refractivity contribution in [3.8, 4) is 22.6 Å². The number of benzene rings is 4. The highest BCUT2D eigenvalue weighted by Gasteiger charge is 2.30. The highest BCUT2D eigenvalue weighted by molar-refractivity contribution is 9.10. The molecule has 2 atom stereocenters. The van der Waals surface area contributed by atoms with Crippen LogP contribution in [0.3, 0.4) is 0 Å². The van der Waals surface area contributed by atoms with Gasteiger partial charge >= 0.3 is 17.9 Å². The third-order valence-electron chi connectivity index (χ3n) is 16.3. The van der Waals surface area contributed by atoms with Gasteiger partial charge in [0.2, 0.25) is 0 Å². The topological polar surface area (TPSA) is 162 Å². The highest BCUT2D eigenvalue weighted by Crippen LogP contribution is 2.36. The van der Waals surface area contributed by atoms with E-state index in [9.17, 15) is 19.2 Å². The van der Waals surface area contributed by atoms with Crippen LogP contribution in [-0.4, -0.2) is 121 Å². The van der Waals surface area contributed by atoms with Gasteiger partial charge in [-0.3, -0.25) is 29.5 Å². The number of aryl methyl sites for hydroxylation is 2. The van der Waals surface area contributed by atoms with Crippen LogP contribution in [-0.2, 0) is 36.8 Å². The molecule has 2 aromatic heterocycles. The maximum atomic E-state index is 13.9. The lowest BCUT2D eigenvalue weighted by molar-refractivity contribution is -0.145. The number of hydrogen-bond acceptors (Lipinski definition) is 15. The molecule has 5 heterocycles. The first-order valence-electron chi connectivity index (χ1n) is 30.0. The van der Waals surface area contributed by atoms with E-state index in [0.717, 1.165) is 126 Å². The standard InChI is InChI=1S/C47H55N5O6S.C20H30BrNO3/c1-7-56-42(53)29-51-23-19-32(20-24-51)30(2)22-26-57-34-15-16-35(31(3)27-34)36-17-18-41(49-43(36)45(55)58-47(4,5)6)52-25-21-33-11-10-12-37(38(33)28-52)44(54)50-46-48-39-13-8-9-14-40(39)59-46;1-4-24-20(23)14-22-10-7-17(8-11-22)15(2)9-12-25-18-5-6-19(21)16(3)13-18/h8-18,27,30,32H,7,19-26,28-29H2,1-6H3,(H,48,50,54);5-6,13,15,17H,4,7-12,14H2,1-3H3/t30-;15-/m11/s1. The second kappa shape index (κ2) is 30.1. The Morgan fingerprint density at radius 2 is 1.29 bits per heavy atom. The second-order valence-corrected chi connectivity index (χ2v) is 25.5. The number of para-hydroxylation sites is 1. The number of rotatable bonds is 21. The molecule has 0 unspecified atom stereocenters. The average molecular weight is 1230 g/mol. The molecule has 17 heteroatoms. The molecule has 0 radical (unpaired) electrons. The molecule has 6 aromatic rings. The fraction of sp³-hybridized carbons (Fsp3) is 0.493. The summed E-state index contributed by atoms with van der Waals surface area (Å²) >= 11 is 4.96. The number of piperidine rings is 2. The molecule has 450 valence electrons. The van der Waals surface area contributed by atoms with Gasteiger partial charge in [-0.2, -0.15) is 0 Å². The van der Waals surface area contributed by atoms with E-state index in [1.807, 2.05) is 120 Å². The van der Waals surface area contributed by atoms with Crippen LogP contribution in [0.1, 0.15) is 130 Å². The van der Waals surface area contributed by atoms with Crippen molar-refractivity contribution in [3.05, 3.63) is 129 Å². The number of pyridine rings is 1. The van der Waals surface area contributed by atoms with Crippen LogP contribution in [0, 0.1) is 37.5 Å². The number of aromatic nitrogens is 2. The van der Waals surface area contributed by atoms with E-state index in [4.69, 9.17) is 28.7 Å². The van der Waals surface area contributed by atoms with Gasteiger partial charge in [0.15, 0.2) is 10.8 Å². The number of amides is 1. The monoisotopic (exact) mass is 1230 g/mol. The van der Waals surface area contributed by atoms with Crippen LogP contribution in [0.15, 0.2) is 95.5 Å². The largest absolute Gasteiger partial charge is 0.494 e. The summed E-state index contributed by atoms with van der Waals surface area (Å²) in [5, 5.41) is 3.58. The van der Waals surface area contributed by atoms with Gasteiger partial charge in [-0.25, -0.2) is 14.8 Å². The van der Waals surface area contributed by atoms with E-state index < -0.39 is 11.6 Å². The van der Waals surface area contributed by atoms with Crippen LogP contribution < -0.4 is 19.7 Å². The van der Waals surface area contributed by atoms with Crippen molar-refractivity contribution in [1.82, 2.24) is 19.8 Å². The molecule has 2 fully saturated rings. The van der Waals surface area contributed by atoms with Crippen molar-refractivity contribution in [3.63, 3.8) is 0 Å². The van der Waals surface area contributed by atoms with Crippen molar-refractivity contribution in [2.75, 3.05) is 82.5 Å². The first kappa shape index (κ1) is 63.6. The number of fused-ring (bicyclic) bond motifs is 2. The maximum Gasteiger partial charge on any atom is 0.358 e. The maximum absolute atomic E-state index is 13.9. The van der Waals surface area contributed by atoms with E-state index in [-0.39, 0.29) is 23.5 Å². The lowest BCUT2D eigenvalue weighted by atomic mass is 9.84. The van der Waals surface area contributed by atoms with Gasteiger partial charge in [-0.15, -0.1) is 0 Å². The number of nitrogens with one attached hydrogen (secondary N) is 1. The summed E-state index contributed by atoms with van der Waals surface area (Å²) in [6.45, 7) is 25.9. The van der Waals surface area contributed by atoms with Crippen LogP contribution in [0.25, 0.3) is 21.3 Å². The molecule has 0 spiro atoms. The van der Waals surface area contributed by atoms with Crippen LogP contribution in [0.4, 0.5) is 10.9 Å². The Balaban J connectivity index is 0.000000307. The minimum Gasteiger partial charge on any atom is -0.494 e. The molecule has 1 amide bonds. The zero-order valence-electron chi connectivity index (χ0n) is 50.6. The molecule has 9 rings (SSSR count). The van der Waals surface area contributed by atoms with E-state index >= 15 is 0 Å². The summed E-state index contributed by atoms with van der Waals surface area (Å²) in [4.78, 5) is 67.1. The Hall–Kier alpha value is -6.40. The lowest BCUT2D eigenvalue weighted by Gasteiger charge is -2.34. The van der Waals surface area contributed by atoms with Gasteiger partial charge in [-0.05, 0) is 232 Å². The third kappa shape index (κ3) is 17.8. The third-order valence-corrected chi connectivity index (χ3v) is 18.2. The minimum atomic E-state index is -0.717. The van der Waals surface area contributed by atoms with Gasteiger partial charge in [-0.1, -0.05) is 71.4 Å². The van der Waals surface area contributed by atoms with Crippen molar-refractivity contribution >= 4 is 72.2 Å². The summed E-state index contributed by atoms with van der Waals surface area (Å²) in [6, 6.07) is 29.7. The van der Waals surface area contributed by atoms with Crippen molar-refractivity contribution in [1.29, 1.82) is 0 Å². The Bertz CT molecular complexity index is 3170. The first-order chi connectivity index (χ1) is 40.3. The summed E-state index contributed by atoms with van der Waals surface area (Å²) in [5.41, 5.74) is 6.72. The van der Waals surface area contributed by atoms with Crippen molar-refractivity contribution < 1.29 is 42.9 Å². The highest BCUT2D eigenvalue weighted by atomic mass is 79.9. The lowest BCUT2D eigenvalue weighted by Crippen LogP contribution is -2.39. The fourth-order valence-electron chi connectivity index (χ4n) is 11.5. The summed E-state index contributed by atoms with van der Waals surface area (Å²) < 4.78 is 30.4. The number of hydrogen-bond donors (Lipinski definition) is 1. The molecule has 1 N–H and O–H groups in total. The minimum absolute atomic E-state index is 0.104. The average Bonchev–Trinajstić information content (AvgIpc) is 1.98. The number of anilines is 2. The number of carbonyl (C=O) groups is 4. The fourth-order valence-corrected chi connectivity index (χ4v) is 12.6. The molecule has 0 bridgehead atoms. The Morgan fingerprint density at radius 3 is 1.86 bits per heavy atom. The summed E-state index contributed by atoms with van der Waals surface area (Å²) in [6.07, 6.45) is 7.16. The van der Waals surface area contributed by atoms with Gasteiger partial charge in [0.25, 0.3) is 5.91 Å². The Labute approximate surface area is 509 Å². The number of likely N-dealkylation sites (tertiary alicyclic amines) is 2. The van der Waals surface area contributed by atoms with Gasteiger partial charge < -0.3 is 28.6 Å². The van der Waals surface area contributed by atoms with Gasteiger partial charge in [0.05, 0.1) is 49.7 Å². The molecular weight excluding hydrogens is 1140 g/mol. The van der Waals surface area contributed by atoms with Crippen LogP contribution in [0.5, 0.6) is 11.5 Å².